The van der Waals surface area contributed by atoms with Crippen molar-refractivity contribution in [3.63, 3.8) is 0 Å². The van der Waals surface area contributed by atoms with Gasteiger partial charge < -0.3 is 0 Å². The molecule has 0 fully saturated rings. The Morgan fingerprint density at radius 3 is 1.83 bits per heavy atom. The van der Waals surface area contributed by atoms with E-state index in [9.17, 15) is 0 Å². The number of allylic oxidation sites excluding steroid dienone is 4. The molecule has 0 aliphatic carbocycles. The molecular formula is C18H33. The van der Waals surface area contributed by atoms with Crippen LogP contribution in [-0.2, 0) is 0 Å². The van der Waals surface area contributed by atoms with Crippen LogP contribution in [0.1, 0.15) is 84.0 Å². The predicted molar refractivity (Wildman–Crippen MR) is 84.7 cm³/mol. The topological polar surface area (TPSA) is 0 Å². The third-order valence-electron chi connectivity index (χ3n) is 3.20. The summed E-state index contributed by atoms with van der Waals surface area (Å²) in [5, 5.41) is 0. The first-order valence-corrected chi connectivity index (χ1v) is 8.01. The van der Waals surface area contributed by atoms with E-state index in [1.807, 2.05) is 0 Å². The van der Waals surface area contributed by atoms with Crippen molar-refractivity contribution in [2.45, 2.75) is 84.0 Å². The molecule has 0 nitrogen and oxygen atoms in total. The first-order valence-electron chi connectivity index (χ1n) is 8.01. The SMILES string of the molecule is [CH2]CCCC=CCC=CCCCCCCCCC. The zero-order valence-electron chi connectivity index (χ0n) is 12.5. The number of unbranched alkanes of at least 4 members (excludes halogenated alkanes) is 9. The summed E-state index contributed by atoms with van der Waals surface area (Å²) in [6.07, 6.45) is 24.9. The Labute approximate surface area is 116 Å². The Hall–Kier alpha value is -0.520. The van der Waals surface area contributed by atoms with Gasteiger partial charge in [-0.05, 0) is 32.1 Å². The first kappa shape index (κ1) is 17.5. The molecular weight excluding hydrogens is 216 g/mol. The van der Waals surface area contributed by atoms with E-state index in [-0.39, 0.29) is 0 Å². The number of rotatable bonds is 13. The molecule has 0 unspecified atom stereocenters. The second-order valence-corrected chi connectivity index (χ2v) is 5.08. The van der Waals surface area contributed by atoms with Gasteiger partial charge in [-0.3, -0.25) is 0 Å². The number of hydrogen-bond donors (Lipinski definition) is 0. The maximum absolute atomic E-state index is 3.84. The van der Waals surface area contributed by atoms with E-state index >= 15 is 0 Å². The average molecular weight is 249 g/mol. The van der Waals surface area contributed by atoms with E-state index < -0.39 is 0 Å². The normalized spacial score (nSPS) is 11.9. The van der Waals surface area contributed by atoms with Gasteiger partial charge in [0.2, 0.25) is 0 Å². The molecule has 0 bridgehead atoms. The standard InChI is InChI=1S/C18H33/c1-3-5-7-9-11-13-15-17-18-16-14-12-10-8-6-4-2/h9,11,15,17H,1,3-8,10,12-14,16,18H2,2H3. The molecule has 0 N–H and O–H groups in total. The van der Waals surface area contributed by atoms with Crippen molar-refractivity contribution >= 4 is 0 Å². The average Bonchev–Trinajstić information content (AvgIpc) is 2.39. The molecule has 105 valence electrons. The molecule has 18 heavy (non-hydrogen) atoms. The van der Waals surface area contributed by atoms with E-state index in [0.717, 1.165) is 12.8 Å². The molecule has 0 amide bonds. The zero-order valence-corrected chi connectivity index (χ0v) is 12.5. The molecule has 0 saturated carbocycles. The Morgan fingerprint density at radius 2 is 1.22 bits per heavy atom. The van der Waals surface area contributed by atoms with Gasteiger partial charge in [-0.2, -0.15) is 0 Å². The molecule has 0 aliphatic heterocycles. The van der Waals surface area contributed by atoms with E-state index in [1.54, 1.807) is 0 Å². The summed E-state index contributed by atoms with van der Waals surface area (Å²) >= 11 is 0. The van der Waals surface area contributed by atoms with Gasteiger partial charge in [-0.1, -0.05) is 83.1 Å². The highest BCUT2D eigenvalue weighted by Crippen LogP contribution is 2.08. The quantitative estimate of drug-likeness (QED) is 0.254. The maximum Gasteiger partial charge on any atom is -0.0169 e. The fraction of sp³-hybridized carbons (Fsp3) is 0.722. The smallest absolute Gasteiger partial charge is 0.0169 e. The van der Waals surface area contributed by atoms with Crippen molar-refractivity contribution in [3.8, 4) is 0 Å². The predicted octanol–water partition coefficient (Wildman–Crippen LogP) is 6.63. The zero-order chi connectivity index (χ0) is 13.3. The van der Waals surface area contributed by atoms with Crippen molar-refractivity contribution in [1.29, 1.82) is 0 Å². The van der Waals surface area contributed by atoms with E-state index in [0.29, 0.717) is 0 Å². The highest BCUT2D eigenvalue weighted by atomic mass is 13.9. The molecule has 0 aromatic rings. The van der Waals surface area contributed by atoms with E-state index in [2.05, 4.69) is 38.2 Å². The van der Waals surface area contributed by atoms with Gasteiger partial charge in [0.05, 0.1) is 0 Å². The fourth-order valence-corrected chi connectivity index (χ4v) is 1.99. The highest BCUT2D eigenvalue weighted by Gasteiger charge is 1.88. The van der Waals surface area contributed by atoms with E-state index in [4.69, 9.17) is 0 Å². The van der Waals surface area contributed by atoms with Crippen LogP contribution in [0.5, 0.6) is 0 Å². The van der Waals surface area contributed by atoms with Gasteiger partial charge in [0, 0.05) is 0 Å². The lowest BCUT2D eigenvalue weighted by Crippen LogP contribution is -1.78. The molecule has 0 atom stereocenters. The summed E-state index contributed by atoms with van der Waals surface area (Å²) in [5.74, 6) is 0. The van der Waals surface area contributed by atoms with Crippen LogP contribution in [0.25, 0.3) is 0 Å². The summed E-state index contributed by atoms with van der Waals surface area (Å²) in [7, 11) is 0. The van der Waals surface area contributed by atoms with E-state index in [1.165, 1.54) is 64.2 Å². The Bertz CT molecular complexity index is 188. The largest absolute Gasteiger partial charge is 0.0882 e. The van der Waals surface area contributed by atoms with Crippen molar-refractivity contribution in [2.75, 3.05) is 0 Å². The van der Waals surface area contributed by atoms with Crippen molar-refractivity contribution in [3.05, 3.63) is 31.2 Å². The Balaban J connectivity index is 3.11. The summed E-state index contributed by atoms with van der Waals surface area (Å²) in [4.78, 5) is 0. The number of hydrogen-bond acceptors (Lipinski definition) is 0. The van der Waals surface area contributed by atoms with Crippen LogP contribution in [0.3, 0.4) is 0 Å². The van der Waals surface area contributed by atoms with Gasteiger partial charge in [0.1, 0.15) is 0 Å². The Morgan fingerprint density at radius 1 is 0.667 bits per heavy atom. The lowest BCUT2D eigenvalue weighted by Gasteiger charge is -1.98. The third-order valence-corrected chi connectivity index (χ3v) is 3.20. The van der Waals surface area contributed by atoms with Crippen LogP contribution in [-0.4, -0.2) is 0 Å². The second-order valence-electron chi connectivity index (χ2n) is 5.08. The van der Waals surface area contributed by atoms with Crippen molar-refractivity contribution in [1.82, 2.24) is 0 Å². The van der Waals surface area contributed by atoms with Crippen LogP contribution in [0.15, 0.2) is 24.3 Å². The summed E-state index contributed by atoms with van der Waals surface area (Å²) < 4.78 is 0. The van der Waals surface area contributed by atoms with Crippen molar-refractivity contribution in [2.24, 2.45) is 0 Å². The second kappa shape index (κ2) is 16.5. The molecule has 0 heteroatoms. The van der Waals surface area contributed by atoms with Crippen LogP contribution in [0.4, 0.5) is 0 Å². The van der Waals surface area contributed by atoms with Crippen LogP contribution >= 0.6 is 0 Å². The fourth-order valence-electron chi connectivity index (χ4n) is 1.99. The summed E-state index contributed by atoms with van der Waals surface area (Å²) in [5.41, 5.74) is 0. The minimum absolute atomic E-state index is 1.05. The van der Waals surface area contributed by atoms with Gasteiger partial charge >= 0.3 is 0 Å². The highest BCUT2D eigenvalue weighted by molar-refractivity contribution is 4.92. The molecule has 0 spiro atoms. The molecule has 0 aromatic heterocycles. The van der Waals surface area contributed by atoms with Gasteiger partial charge in [0.25, 0.3) is 0 Å². The third kappa shape index (κ3) is 15.5. The first-order chi connectivity index (χ1) is 8.91. The van der Waals surface area contributed by atoms with Crippen LogP contribution in [0.2, 0.25) is 0 Å². The van der Waals surface area contributed by atoms with Gasteiger partial charge in [-0.15, -0.1) is 0 Å². The van der Waals surface area contributed by atoms with Gasteiger partial charge in [0.15, 0.2) is 0 Å². The monoisotopic (exact) mass is 249 g/mol. The summed E-state index contributed by atoms with van der Waals surface area (Å²) in [6.45, 7) is 6.11. The molecule has 0 aromatic carbocycles. The minimum Gasteiger partial charge on any atom is -0.0882 e. The molecule has 0 saturated heterocycles. The lowest BCUT2D eigenvalue weighted by atomic mass is 10.1. The molecule has 0 aliphatic rings. The summed E-state index contributed by atoms with van der Waals surface area (Å²) in [6, 6.07) is 0. The molecule has 0 rings (SSSR count). The Kier molecular flexibility index (Phi) is 16.0. The molecule has 1 radical (unpaired) electrons. The van der Waals surface area contributed by atoms with Crippen molar-refractivity contribution < 1.29 is 0 Å². The molecule has 0 heterocycles. The minimum atomic E-state index is 1.05. The lowest BCUT2D eigenvalue weighted by molar-refractivity contribution is 0.592. The van der Waals surface area contributed by atoms with Gasteiger partial charge in [-0.25, -0.2) is 0 Å². The van der Waals surface area contributed by atoms with Crippen LogP contribution < -0.4 is 0 Å². The maximum atomic E-state index is 3.84. The van der Waals surface area contributed by atoms with Crippen LogP contribution in [0, 0.1) is 6.92 Å².